The third-order valence-electron chi connectivity index (χ3n) is 2.09. The number of unbranched alkanes of at least 4 members (excludes halogenated alkanes) is 1. The Bertz CT molecular complexity index is 304. The minimum Gasteiger partial charge on any atom is -0.480 e. The molecule has 0 spiro atoms. The molecule has 0 aromatic heterocycles. The zero-order valence-electron chi connectivity index (χ0n) is 9.88. The Morgan fingerprint density at radius 3 is 2.18 bits per heavy atom. The van der Waals surface area contributed by atoms with E-state index in [1.54, 1.807) is 0 Å². The maximum Gasteiger partial charge on any atom is 0.320 e. The van der Waals surface area contributed by atoms with E-state index in [4.69, 9.17) is 22.3 Å². The van der Waals surface area contributed by atoms with Crippen molar-refractivity contribution in [3.63, 3.8) is 0 Å². The molecule has 0 bridgehead atoms. The summed E-state index contributed by atoms with van der Waals surface area (Å²) in [6.07, 6.45) is 2.16. The summed E-state index contributed by atoms with van der Waals surface area (Å²) in [4.78, 5) is 10.1. The van der Waals surface area contributed by atoms with Crippen LogP contribution >= 0.6 is 0 Å². The average Bonchev–Trinajstić information content (AvgIpc) is 2.31. The zero-order valence-corrected chi connectivity index (χ0v) is 9.88. The number of hydrogen-bond donors (Lipinski definition) is 4. The Hall–Kier alpha value is -1.59. The highest BCUT2D eigenvalue weighted by Gasteiger charge is 2.09. The van der Waals surface area contributed by atoms with Crippen LogP contribution in [-0.4, -0.2) is 23.7 Å². The lowest BCUT2D eigenvalue weighted by atomic mass is 10.1. The highest BCUT2D eigenvalue weighted by atomic mass is 16.4. The van der Waals surface area contributed by atoms with Gasteiger partial charge in [0.1, 0.15) is 6.04 Å². The third kappa shape index (κ3) is 9.35. The van der Waals surface area contributed by atoms with Gasteiger partial charge in [-0.05, 0) is 31.5 Å². The number of hydrogen-bond acceptors (Lipinski definition) is 4. The molecule has 5 heteroatoms. The van der Waals surface area contributed by atoms with E-state index < -0.39 is 12.0 Å². The van der Waals surface area contributed by atoms with E-state index in [9.17, 15) is 4.79 Å². The number of carboxylic acid groups (broad SMARTS) is 1. The normalized spacial score (nSPS) is 11.2. The Kier molecular flexibility index (Phi) is 8.72. The lowest BCUT2D eigenvalue weighted by molar-refractivity contribution is -0.138. The van der Waals surface area contributed by atoms with Crippen LogP contribution in [0.4, 0.5) is 5.69 Å². The molecular weight excluding hydrogens is 218 g/mol. The Balaban J connectivity index is 0.000000318. The number of aliphatic carboxylic acids is 1. The summed E-state index contributed by atoms with van der Waals surface area (Å²) in [7, 11) is 0. The lowest BCUT2D eigenvalue weighted by Gasteiger charge is -2.03. The third-order valence-corrected chi connectivity index (χ3v) is 2.09. The minimum atomic E-state index is -0.933. The maximum absolute atomic E-state index is 10.1. The Morgan fingerprint density at radius 1 is 1.24 bits per heavy atom. The van der Waals surface area contributed by atoms with Crippen molar-refractivity contribution in [2.75, 3.05) is 12.3 Å². The van der Waals surface area contributed by atoms with E-state index in [-0.39, 0.29) is 0 Å². The highest BCUT2D eigenvalue weighted by molar-refractivity contribution is 5.72. The monoisotopic (exact) mass is 239 g/mol. The molecule has 96 valence electrons. The van der Waals surface area contributed by atoms with Crippen molar-refractivity contribution in [2.45, 2.75) is 25.3 Å². The van der Waals surface area contributed by atoms with Crippen LogP contribution in [0.15, 0.2) is 30.3 Å². The van der Waals surface area contributed by atoms with Gasteiger partial charge >= 0.3 is 5.97 Å². The van der Waals surface area contributed by atoms with Gasteiger partial charge in [0.15, 0.2) is 0 Å². The summed E-state index contributed by atoms with van der Waals surface area (Å²) >= 11 is 0. The first-order valence-corrected chi connectivity index (χ1v) is 5.57. The van der Waals surface area contributed by atoms with Crippen LogP contribution in [0.5, 0.6) is 0 Å². The van der Waals surface area contributed by atoms with Crippen molar-refractivity contribution in [2.24, 2.45) is 11.5 Å². The molecule has 17 heavy (non-hydrogen) atoms. The molecular formula is C12H21N3O2. The standard InChI is InChI=1S/C6H14N2O2.C6H7N/c7-4-2-1-3-5(8)6(9)10;7-6-4-2-1-3-5-6/h5H,1-4,7-8H2,(H,9,10);1-5H,7H2. The molecule has 5 nitrogen and oxygen atoms in total. The van der Waals surface area contributed by atoms with Gasteiger partial charge in [0.2, 0.25) is 0 Å². The lowest BCUT2D eigenvalue weighted by Crippen LogP contribution is -2.29. The molecule has 0 heterocycles. The van der Waals surface area contributed by atoms with Crippen LogP contribution in [0.25, 0.3) is 0 Å². The fourth-order valence-electron chi connectivity index (χ4n) is 1.09. The van der Waals surface area contributed by atoms with Gasteiger partial charge in [-0.3, -0.25) is 4.79 Å². The molecule has 1 rings (SSSR count). The van der Waals surface area contributed by atoms with Crippen LogP contribution < -0.4 is 17.2 Å². The summed E-state index contributed by atoms with van der Waals surface area (Å²) in [6, 6.07) is 8.77. The summed E-state index contributed by atoms with van der Waals surface area (Å²) in [5.74, 6) is -0.933. The minimum absolute atomic E-state index is 0.520. The van der Waals surface area contributed by atoms with Gasteiger partial charge in [-0.15, -0.1) is 0 Å². The molecule has 0 fully saturated rings. The van der Waals surface area contributed by atoms with Gasteiger partial charge < -0.3 is 22.3 Å². The second-order valence-electron chi connectivity index (χ2n) is 3.64. The molecule has 7 N–H and O–H groups in total. The van der Waals surface area contributed by atoms with E-state index in [0.717, 1.165) is 18.5 Å². The first-order valence-electron chi connectivity index (χ1n) is 5.57. The first-order chi connectivity index (χ1) is 8.07. The molecule has 0 aliphatic carbocycles. The molecule has 0 amide bonds. The van der Waals surface area contributed by atoms with E-state index in [1.165, 1.54) is 0 Å². The Labute approximate surface area is 102 Å². The van der Waals surface area contributed by atoms with Gasteiger partial charge in [-0.1, -0.05) is 24.6 Å². The summed E-state index contributed by atoms with van der Waals surface area (Å²) in [6.45, 7) is 0.604. The van der Waals surface area contributed by atoms with Crippen LogP contribution in [0.1, 0.15) is 19.3 Å². The highest BCUT2D eigenvalue weighted by Crippen LogP contribution is 1.97. The second kappa shape index (κ2) is 9.62. The van der Waals surface area contributed by atoms with Crippen LogP contribution in [-0.2, 0) is 4.79 Å². The predicted octanol–water partition coefficient (Wildman–Crippen LogP) is 0.796. The van der Waals surface area contributed by atoms with Gasteiger partial charge in [0.25, 0.3) is 0 Å². The van der Waals surface area contributed by atoms with E-state index in [0.29, 0.717) is 13.0 Å². The van der Waals surface area contributed by atoms with Gasteiger partial charge in [-0.25, -0.2) is 0 Å². The molecule has 1 aromatic carbocycles. The van der Waals surface area contributed by atoms with E-state index in [1.807, 2.05) is 30.3 Å². The molecule has 0 saturated carbocycles. The second-order valence-corrected chi connectivity index (χ2v) is 3.64. The van der Waals surface area contributed by atoms with Crippen molar-refractivity contribution >= 4 is 11.7 Å². The molecule has 1 unspecified atom stereocenters. The summed E-state index contributed by atoms with van der Waals surface area (Å²) in [5, 5.41) is 8.33. The van der Waals surface area contributed by atoms with Crippen LogP contribution in [0, 0.1) is 0 Å². The summed E-state index contributed by atoms with van der Waals surface area (Å²) < 4.78 is 0. The first kappa shape index (κ1) is 15.4. The van der Waals surface area contributed by atoms with Crippen molar-refractivity contribution in [3.05, 3.63) is 30.3 Å². The van der Waals surface area contributed by atoms with Crippen LogP contribution in [0.3, 0.4) is 0 Å². The largest absolute Gasteiger partial charge is 0.480 e. The number of para-hydroxylation sites is 1. The quantitative estimate of drug-likeness (QED) is 0.448. The fraction of sp³-hybridized carbons (Fsp3) is 0.417. The number of benzene rings is 1. The molecule has 1 atom stereocenters. The van der Waals surface area contributed by atoms with Crippen LogP contribution in [0.2, 0.25) is 0 Å². The molecule has 0 saturated heterocycles. The molecule has 0 radical (unpaired) electrons. The number of nitrogen functional groups attached to an aromatic ring is 1. The maximum atomic E-state index is 10.1. The fourth-order valence-corrected chi connectivity index (χ4v) is 1.09. The number of rotatable bonds is 5. The van der Waals surface area contributed by atoms with Crippen molar-refractivity contribution in [1.29, 1.82) is 0 Å². The van der Waals surface area contributed by atoms with Gasteiger partial charge in [0.05, 0.1) is 0 Å². The average molecular weight is 239 g/mol. The predicted molar refractivity (Wildman–Crippen MR) is 69.4 cm³/mol. The van der Waals surface area contributed by atoms with E-state index in [2.05, 4.69) is 0 Å². The molecule has 0 aliphatic heterocycles. The smallest absolute Gasteiger partial charge is 0.320 e. The number of anilines is 1. The van der Waals surface area contributed by atoms with Crippen molar-refractivity contribution < 1.29 is 9.90 Å². The number of nitrogens with two attached hydrogens (primary N) is 3. The Morgan fingerprint density at radius 2 is 1.82 bits per heavy atom. The SMILES string of the molecule is NCCCCC(N)C(=O)O.Nc1ccccc1. The van der Waals surface area contributed by atoms with Gasteiger partial charge in [0, 0.05) is 5.69 Å². The number of carboxylic acids is 1. The zero-order chi connectivity index (χ0) is 13.1. The van der Waals surface area contributed by atoms with Crippen molar-refractivity contribution in [3.8, 4) is 0 Å². The topological polar surface area (TPSA) is 115 Å². The van der Waals surface area contributed by atoms with E-state index >= 15 is 0 Å². The van der Waals surface area contributed by atoms with Gasteiger partial charge in [-0.2, -0.15) is 0 Å². The van der Waals surface area contributed by atoms with Crippen molar-refractivity contribution in [1.82, 2.24) is 0 Å². The molecule has 0 aliphatic rings. The summed E-state index contributed by atoms with van der Waals surface area (Å²) in [5.41, 5.74) is 16.6. The number of carbonyl (C=O) groups is 1. The molecule has 1 aromatic rings.